The van der Waals surface area contributed by atoms with E-state index in [1.54, 1.807) is 14.2 Å². The molecule has 2 amide bonds. The molecule has 11 nitrogen and oxygen atoms in total. The highest BCUT2D eigenvalue weighted by Gasteiger charge is 2.39. The molecule has 0 aliphatic heterocycles. The van der Waals surface area contributed by atoms with Gasteiger partial charge in [0.2, 0.25) is 0 Å². The van der Waals surface area contributed by atoms with Gasteiger partial charge in [-0.2, -0.15) is 0 Å². The Morgan fingerprint density at radius 1 is 0.812 bits per heavy atom. The zero-order valence-corrected chi connectivity index (χ0v) is 19.1. The van der Waals surface area contributed by atoms with Crippen molar-refractivity contribution in [3.05, 3.63) is 0 Å². The number of ether oxygens (including phenoxy) is 6. The van der Waals surface area contributed by atoms with E-state index in [0.29, 0.717) is 32.4 Å². The lowest BCUT2D eigenvalue weighted by Gasteiger charge is -2.16. The minimum Gasteiger partial charge on any atom is -0.447 e. The zero-order chi connectivity index (χ0) is 23.3. The van der Waals surface area contributed by atoms with E-state index in [-0.39, 0.29) is 50.0 Å². The van der Waals surface area contributed by atoms with Crippen LogP contribution in [0.1, 0.15) is 39.0 Å². The number of hydrogen-bond donors (Lipinski definition) is 2. The molecule has 2 fully saturated rings. The van der Waals surface area contributed by atoms with E-state index in [0.717, 1.165) is 12.8 Å². The van der Waals surface area contributed by atoms with E-state index in [9.17, 15) is 14.4 Å². The van der Waals surface area contributed by atoms with Crippen molar-refractivity contribution in [1.82, 2.24) is 10.6 Å². The lowest BCUT2D eigenvalue weighted by Crippen LogP contribution is -2.40. The summed E-state index contributed by atoms with van der Waals surface area (Å²) < 4.78 is 31.2. The van der Waals surface area contributed by atoms with Crippen molar-refractivity contribution >= 4 is 18.0 Å². The van der Waals surface area contributed by atoms with Crippen molar-refractivity contribution < 1.29 is 42.8 Å². The average molecular weight is 461 g/mol. The highest BCUT2D eigenvalue weighted by Crippen LogP contribution is 2.28. The van der Waals surface area contributed by atoms with Crippen LogP contribution in [0.4, 0.5) is 9.59 Å². The lowest BCUT2D eigenvalue weighted by molar-refractivity contribution is -0.119. The highest BCUT2D eigenvalue weighted by molar-refractivity contribution is 5.85. The van der Waals surface area contributed by atoms with Gasteiger partial charge in [-0.05, 0) is 26.2 Å². The van der Waals surface area contributed by atoms with Crippen molar-refractivity contribution in [3.63, 3.8) is 0 Å². The molecule has 0 bridgehead atoms. The molecule has 0 spiro atoms. The molecule has 5 unspecified atom stereocenters. The molecule has 2 aliphatic carbocycles. The maximum atomic E-state index is 11.9. The van der Waals surface area contributed by atoms with Crippen LogP contribution in [-0.2, 0) is 33.2 Å². The van der Waals surface area contributed by atoms with Crippen LogP contribution >= 0.6 is 0 Å². The Morgan fingerprint density at radius 3 is 1.88 bits per heavy atom. The summed E-state index contributed by atoms with van der Waals surface area (Å²) in [4.78, 5) is 35.3. The summed E-state index contributed by atoms with van der Waals surface area (Å²) in [5.41, 5.74) is 0. The van der Waals surface area contributed by atoms with Crippen LogP contribution in [0.25, 0.3) is 0 Å². The lowest BCUT2D eigenvalue weighted by atomic mass is 10.1. The van der Waals surface area contributed by atoms with Gasteiger partial charge >= 0.3 is 12.2 Å². The molecule has 5 atom stereocenters. The Balaban J connectivity index is 1.44. The first-order valence-electron chi connectivity index (χ1n) is 11.1. The summed E-state index contributed by atoms with van der Waals surface area (Å²) in [6, 6.07) is -0.632. The molecule has 0 heterocycles. The molecule has 0 radical (unpaired) electrons. The maximum Gasteiger partial charge on any atom is 0.407 e. The third-order valence-corrected chi connectivity index (χ3v) is 5.23. The van der Waals surface area contributed by atoms with Gasteiger partial charge in [0.25, 0.3) is 0 Å². The minimum absolute atomic E-state index is 0.0715. The summed E-state index contributed by atoms with van der Waals surface area (Å²) in [5.74, 6) is -0.155. The van der Waals surface area contributed by atoms with Gasteiger partial charge < -0.3 is 39.1 Å². The van der Waals surface area contributed by atoms with E-state index in [1.807, 2.05) is 0 Å². The standard InChI is InChI=1S/C21H36N2O9/c1-14(24)15(23-21(26)32-11-9-30-19-13-17(19)28-3)6-4-5-7-22-20(25)31-10-8-29-18-12-16(18)27-2/h15-19H,4-13H2,1-3H3,(H,22,25)(H,23,26). The van der Waals surface area contributed by atoms with Gasteiger partial charge in [-0.15, -0.1) is 0 Å². The Kier molecular flexibility index (Phi) is 11.7. The van der Waals surface area contributed by atoms with E-state index in [1.165, 1.54) is 6.92 Å². The average Bonchev–Trinajstić information content (AvgIpc) is 3.68. The second-order valence-electron chi connectivity index (χ2n) is 7.84. The first-order valence-corrected chi connectivity index (χ1v) is 11.1. The smallest absolute Gasteiger partial charge is 0.407 e. The molecule has 2 rings (SSSR count). The number of rotatable bonds is 17. The first-order chi connectivity index (χ1) is 15.4. The van der Waals surface area contributed by atoms with Crippen molar-refractivity contribution in [2.24, 2.45) is 0 Å². The molecule has 2 N–H and O–H groups in total. The normalized spacial score (nSPS) is 24.3. The molecule has 184 valence electrons. The molecular weight excluding hydrogens is 424 g/mol. The van der Waals surface area contributed by atoms with Gasteiger partial charge in [-0.3, -0.25) is 4.79 Å². The number of amides is 2. The van der Waals surface area contributed by atoms with Crippen LogP contribution < -0.4 is 10.6 Å². The van der Waals surface area contributed by atoms with E-state index in [2.05, 4.69) is 10.6 Å². The fraction of sp³-hybridized carbons (Fsp3) is 0.857. The fourth-order valence-corrected chi connectivity index (χ4v) is 3.09. The zero-order valence-electron chi connectivity index (χ0n) is 19.1. The third kappa shape index (κ3) is 10.6. The number of nitrogens with one attached hydrogen (secondary N) is 2. The van der Waals surface area contributed by atoms with Crippen LogP contribution in [0.2, 0.25) is 0 Å². The Bertz CT molecular complexity index is 604. The van der Waals surface area contributed by atoms with E-state index >= 15 is 0 Å². The third-order valence-electron chi connectivity index (χ3n) is 5.23. The number of carbonyl (C=O) groups excluding carboxylic acids is 3. The molecule has 0 aromatic carbocycles. The van der Waals surface area contributed by atoms with Crippen LogP contribution in [0.5, 0.6) is 0 Å². The van der Waals surface area contributed by atoms with E-state index in [4.69, 9.17) is 28.4 Å². The minimum atomic E-state index is -0.653. The summed E-state index contributed by atoms with van der Waals surface area (Å²) >= 11 is 0. The Hall–Kier alpha value is -1.95. The van der Waals surface area contributed by atoms with Crippen molar-refractivity contribution in [1.29, 1.82) is 0 Å². The predicted molar refractivity (Wildman–Crippen MR) is 112 cm³/mol. The SMILES string of the molecule is COC1CC1OCCOC(=O)NCCCCC(NC(=O)OCCOC1CC1OC)C(C)=O. The van der Waals surface area contributed by atoms with Gasteiger partial charge in [0.15, 0.2) is 5.78 Å². The van der Waals surface area contributed by atoms with Crippen molar-refractivity contribution in [2.45, 2.75) is 69.5 Å². The number of alkyl carbamates (subject to hydrolysis) is 2. The van der Waals surface area contributed by atoms with E-state index < -0.39 is 18.2 Å². The topological polar surface area (TPSA) is 131 Å². The second kappa shape index (κ2) is 14.2. The molecule has 11 heteroatoms. The highest BCUT2D eigenvalue weighted by atomic mass is 16.6. The maximum absolute atomic E-state index is 11.9. The van der Waals surface area contributed by atoms with Gasteiger partial charge in [0.05, 0.1) is 43.7 Å². The Morgan fingerprint density at radius 2 is 1.38 bits per heavy atom. The van der Waals surface area contributed by atoms with Crippen LogP contribution in [0.3, 0.4) is 0 Å². The molecular formula is C21H36N2O9. The molecule has 0 aromatic rings. The number of unbranched alkanes of at least 4 members (excludes halogenated alkanes) is 1. The number of methoxy groups -OCH3 is 2. The quantitative estimate of drug-likeness (QED) is 0.307. The van der Waals surface area contributed by atoms with Crippen molar-refractivity contribution in [2.75, 3.05) is 47.2 Å². The molecule has 32 heavy (non-hydrogen) atoms. The fourth-order valence-electron chi connectivity index (χ4n) is 3.09. The van der Waals surface area contributed by atoms with Gasteiger partial charge in [-0.1, -0.05) is 0 Å². The summed E-state index contributed by atoms with van der Waals surface area (Å²) in [7, 11) is 3.27. The monoisotopic (exact) mass is 460 g/mol. The van der Waals surface area contributed by atoms with Crippen LogP contribution in [0.15, 0.2) is 0 Å². The molecule has 0 saturated heterocycles. The van der Waals surface area contributed by atoms with Crippen LogP contribution in [-0.4, -0.2) is 95.6 Å². The first kappa shape index (κ1) is 26.3. The molecule has 0 aromatic heterocycles. The second-order valence-corrected chi connectivity index (χ2v) is 7.84. The van der Waals surface area contributed by atoms with Crippen molar-refractivity contribution in [3.8, 4) is 0 Å². The molecule has 2 aliphatic rings. The molecule has 2 saturated carbocycles. The summed E-state index contributed by atoms with van der Waals surface area (Å²) in [5, 5.41) is 5.21. The summed E-state index contributed by atoms with van der Waals surface area (Å²) in [6.45, 7) is 2.72. The van der Waals surface area contributed by atoms with Gasteiger partial charge in [0.1, 0.15) is 13.2 Å². The Labute approximate surface area is 188 Å². The van der Waals surface area contributed by atoms with Crippen LogP contribution in [0, 0.1) is 0 Å². The van der Waals surface area contributed by atoms with Gasteiger partial charge in [-0.25, -0.2) is 9.59 Å². The number of hydrogen-bond acceptors (Lipinski definition) is 9. The number of carbonyl (C=O) groups is 3. The number of ketones is 1. The van der Waals surface area contributed by atoms with Gasteiger partial charge in [0, 0.05) is 33.6 Å². The summed E-state index contributed by atoms with van der Waals surface area (Å²) in [6.07, 6.45) is 2.75. The largest absolute Gasteiger partial charge is 0.447 e. The number of Topliss-reactive ketones (excluding diaryl/α,β-unsaturated/α-hetero) is 1. The predicted octanol–water partition coefficient (Wildman–Crippen LogP) is 1.17.